The lowest BCUT2D eigenvalue weighted by Crippen LogP contribution is -2.31. The van der Waals surface area contributed by atoms with E-state index in [0.717, 1.165) is 5.56 Å². The Kier molecular flexibility index (Phi) is 7.36. The largest absolute Gasteiger partial charge is 0.433 e. The van der Waals surface area contributed by atoms with Crippen LogP contribution in [0.15, 0.2) is 45.9 Å². The molecule has 2 aromatic rings. The van der Waals surface area contributed by atoms with Crippen molar-refractivity contribution in [3.63, 3.8) is 0 Å². The molecule has 0 aliphatic carbocycles. The van der Waals surface area contributed by atoms with Crippen LogP contribution in [0.4, 0.5) is 5.88 Å². The van der Waals surface area contributed by atoms with Crippen molar-refractivity contribution in [2.45, 2.75) is 13.5 Å². The Morgan fingerprint density at radius 1 is 1.43 bits per heavy atom. The molecule has 0 fully saturated rings. The van der Waals surface area contributed by atoms with Gasteiger partial charge < -0.3 is 9.73 Å². The molecule has 122 valence electrons. The second kappa shape index (κ2) is 9.01. The SMILES string of the molecule is Br.Cc1cccc(CNC(=S)N/N=C/c2ccc([N+](=O)[O-])o2)c1. The smallest absolute Gasteiger partial charge is 0.400 e. The topological polar surface area (TPSA) is 92.7 Å². The Balaban J connectivity index is 0.00000264. The summed E-state index contributed by atoms with van der Waals surface area (Å²) in [5.74, 6) is -0.0673. The predicted octanol–water partition coefficient (Wildman–Crippen LogP) is 3.07. The molecule has 7 nitrogen and oxygen atoms in total. The number of hydrazone groups is 1. The number of nitrogens with zero attached hydrogens (tertiary/aromatic N) is 2. The highest BCUT2D eigenvalue weighted by Gasteiger charge is 2.10. The third kappa shape index (κ3) is 6.17. The summed E-state index contributed by atoms with van der Waals surface area (Å²) in [5, 5.41) is 17.7. The zero-order chi connectivity index (χ0) is 15.9. The van der Waals surface area contributed by atoms with Crippen molar-refractivity contribution >= 4 is 46.4 Å². The molecule has 0 aliphatic heterocycles. The maximum absolute atomic E-state index is 10.5. The Labute approximate surface area is 148 Å². The summed E-state index contributed by atoms with van der Waals surface area (Å²) in [6, 6.07) is 10.8. The normalized spacial score (nSPS) is 10.1. The second-order valence-corrected chi connectivity index (χ2v) is 4.88. The third-order valence-electron chi connectivity index (χ3n) is 2.69. The van der Waals surface area contributed by atoms with E-state index in [4.69, 9.17) is 16.6 Å². The van der Waals surface area contributed by atoms with Crippen LogP contribution in [-0.2, 0) is 6.54 Å². The first-order valence-electron chi connectivity index (χ1n) is 6.41. The summed E-state index contributed by atoms with van der Waals surface area (Å²) in [6.07, 6.45) is 1.31. The van der Waals surface area contributed by atoms with Crippen LogP contribution in [0.3, 0.4) is 0 Å². The van der Waals surface area contributed by atoms with E-state index >= 15 is 0 Å². The van der Waals surface area contributed by atoms with Gasteiger partial charge in [0.25, 0.3) is 0 Å². The van der Waals surface area contributed by atoms with E-state index in [-0.39, 0.29) is 28.6 Å². The Morgan fingerprint density at radius 2 is 2.22 bits per heavy atom. The molecule has 0 bridgehead atoms. The van der Waals surface area contributed by atoms with Gasteiger partial charge >= 0.3 is 5.88 Å². The average Bonchev–Trinajstić information content (AvgIpc) is 2.94. The summed E-state index contributed by atoms with van der Waals surface area (Å²) < 4.78 is 4.92. The van der Waals surface area contributed by atoms with E-state index in [1.807, 2.05) is 25.1 Å². The first kappa shape index (κ1) is 18.8. The van der Waals surface area contributed by atoms with Crippen LogP contribution in [0.2, 0.25) is 0 Å². The van der Waals surface area contributed by atoms with Gasteiger partial charge in [-0.3, -0.25) is 15.5 Å². The number of benzene rings is 1. The summed E-state index contributed by atoms with van der Waals surface area (Å²) in [4.78, 5) is 9.85. The molecule has 0 atom stereocenters. The molecular weight excluding hydrogens is 384 g/mol. The number of nitro groups is 1. The van der Waals surface area contributed by atoms with E-state index < -0.39 is 4.92 Å². The van der Waals surface area contributed by atoms with Gasteiger partial charge in [-0.05, 0) is 30.8 Å². The molecule has 9 heteroatoms. The molecule has 0 aliphatic rings. The molecule has 0 saturated carbocycles. The van der Waals surface area contributed by atoms with Crippen molar-refractivity contribution in [2.24, 2.45) is 5.10 Å². The van der Waals surface area contributed by atoms with Gasteiger partial charge in [-0.15, -0.1) is 17.0 Å². The fourth-order valence-corrected chi connectivity index (χ4v) is 1.83. The third-order valence-corrected chi connectivity index (χ3v) is 2.92. The maximum atomic E-state index is 10.5. The summed E-state index contributed by atoms with van der Waals surface area (Å²) in [6.45, 7) is 2.60. The molecule has 1 heterocycles. The highest BCUT2D eigenvalue weighted by Crippen LogP contribution is 2.13. The Bertz CT molecular complexity index is 718. The van der Waals surface area contributed by atoms with Crippen LogP contribution in [0.5, 0.6) is 0 Å². The van der Waals surface area contributed by atoms with Crippen molar-refractivity contribution in [3.8, 4) is 0 Å². The maximum Gasteiger partial charge on any atom is 0.433 e. The van der Waals surface area contributed by atoms with Gasteiger partial charge in [0.2, 0.25) is 0 Å². The number of nitrogens with one attached hydrogen (secondary N) is 2. The number of hydrogen-bond donors (Lipinski definition) is 2. The number of rotatable bonds is 5. The second-order valence-electron chi connectivity index (χ2n) is 4.47. The number of halogens is 1. The van der Waals surface area contributed by atoms with E-state index in [9.17, 15) is 10.1 Å². The van der Waals surface area contributed by atoms with E-state index in [1.165, 1.54) is 23.9 Å². The zero-order valence-corrected chi connectivity index (χ0v) is 14.7. The van der Waals surface area contributed by atoms with Gasteiger partial charge in [-0.2, -0.15) is 5.10 Å². The number of furan rings is 1. The molecule has 0 radical (unpaired) electrons. The van der Waals surface area contributed by atoms with Gasteiger partial charge in [-0.25, -0.2) is 0 Å². The molecule has 0 spiro atoms. The minimum atomic E-state index is -0.612. The molecule has 0 saturated heterocycles. The lowest BCUT2D eigenvalue weighted by atomic mass is 10.1. The molecule has 1 aromatic carbocycles. The fraction of sp³-hybridized carbons (Fsp3) is 0.143. The van der Waals surface area contributed by atoms with Gasteiger partial charge in [0, 0.05) is 6.54 Å². The van der Waals surface area contributed by atoms with Crippen LogP contribution in [-0.4, -0.2) is 16.3 Å². The number of hydrogen-bond acceptors (Lipinski definition) is 5. The van der Waals surface area contributed by atoms with E-state index in [0.29, 0.717) is 11.7 Å². The molecule has 2 N–H and O–H groups in total. The van der Waals surface area contributed by atoms with E-state index in [1.54, 1.807) is 0 Å². The minimum Gasteiger partial charge on any atom is -0.400 e. The van der Waals surface area contributed by atoms with Gasteiger partial charge in [-0.1, -0.05) is 29.8 Å². The highest BCUT2D eigenvalue weighted by molar-refractivity contribution is 8.93. The van der Waals surface area contributed by atoms with Gasteiger partial charge in [0.15, 0.2) is 10.9 Å². The standard InChI is InChI=1S/C14H14N4O3S.BrH/c1-10-3-2-4-11(7-10)8-15-14(22)17-16-9-12-5-6-13(21-12)18(19)20;/h2-7,9H,8H2,1H3,(H2,15,17,22);1H/b16-9+;. The molecule has 0 unspecified atom stereocenters. The first-order valence-corrected chi connectivity index (χ1v) is 6.82. The molecule has 2 rings (SSSR count). The highest BCUT2D eigenvalue weighted by atomic mass is 79.9. The Hall–Kier alpha value is -2.26. The summed E-state index contributed by atoms with van der Waals surface area (Å²) in [5.41, 5.74) is 4.90. The number of aryl methyl sites for hydroxylation is 1. The van der Waals surface area contributed by atoms with Crippen molar-refractivity contribution < 1.29 is 9.34 Å². The molecular formula is C14H15BrN4O3S. The zero-order valence-electron chi connectivity index (χ0n) is 12.2. The van der Waals surface area contributed by atoms with Crippen LogP contribution < -0.4 is 10.7 Å². The summed E-state index contributed by atoms with van der Waals surface area (Å²) >= 11 is 5.07. The quantitative estimate of drug-likeness (QED) is 0.348. The average molecular weight is 399 g/mol. The number of thiocarbonyl (C=S) groups is 1. The lowest BCUT2D eigenvalue weighted by Gasteiger charge is -2.07. The fourth-order valence-electron chi connectivity index (χ4n) is 1.71. The molecule has 1 aromatic heterocycles. The van der Waals surface area contributed by atoms with Gasteiger partial charge in [0.05, 0.1) is 12.3 Å². The predicted molar refractivity (Wildman–Crippen MR) is 97.0 cm³/mol. The van der Waals surface area contributed by atoms with Crippen LogP contribution in [0.25, 0.3) is 0 Å². The van der Waals surface area contributed by atoms with E-state index in [2.05, 4.69) is 21.9 Å². The minimum absolute atomic E-state index is 0. The Morgan fingerprint density at radius 3 is 2.87 bits per heavy atom. The van der Waals surface area contributed by atoms with Crippen LogP contribution >= 0.6 is 29.2 Å². The monoisotopic (exact) mass is 398 g/mol. The van der Waals surface area contributed by atoms with Crippen molar-refractivity contribution in [3.05, 3.63) is 63.4 Å². The van der Waals surface area contributed by atoms with Crippen LogP contribution in [0.1, 0.15) is 16.9 Å². The first-order chi connectivity index (χ1) is 10.5. The summed E-state index contributed by atoms with van der Waals surface area (Å²) in [7, 11) is 0. The molecule has 0 amide bonds. The van der Waals surface area contributed by atoms with Crippen molar-refractivity contribution in [1.82, 2.24) is 10.7 Å². The van der Waals surface area contributed by atoms with Crippen LogP contribution in [0, 0.1) is 17.0 Å². The molecule has 23 heavy (non-hydrogen) atoms. The van der Waals surface area contributed by atoms with Gasteiger partial charge in [0.1, 0.15) is 4.92 Å². The lowest BCUT2D eigenvalue weighted by molar-refractivity contribution is -0.402. The van der Waals surface area contributed by atoms with Crippen molar-refractivity contribution in [2.75, 3.05) is 0 Å². The van der Waals surface area contributed by atoms with Crippen molar-refractivity contribution in [1.29, 1.82) is 0 Å².